The summed E-state index contributed by atoms with van der Waals surface area (Å²) in [4.78, 5) is 38.9. The van der Waals surface area contributed by atoms with Gasteiger partial charge in [-0.3, -0.25) is 24.5 Å². The van der Waals surface area contributed by atoms with Gasteiger partial charge in [-0.1, -0.05) is 11.3 Å². The minimum Gasteiger partial charge on any atom is -0.494 e. The molecule has 0 saturated carbocycles. The fourth-order valence-electron chi connectivity index (χ4n) is 4.56. The zero-order valence-corrected chi connectivity index (χ0v) is 21.6. The molecule has 0 spiro atoms. The molecule has 13 heteroatoms. The summed E-state index contributed by atoms with van der Waals surface area (Å²) in [5.74, 6) is -1.88. The van der Waals surface area contributed by atoms with Gasteiger partial charge in [0, 0.05) is 41.9 Å². The van der Waals surface area contributed by atoms with Gasteiger partial charge in [0.15, 0.2) is 10.9 Å². The van der Waals surface area contributed by atoms with E-state index in [0.29, 0.717) is 16.4 Å². The first-order valence-electron chi connectivity index (χ1n) is 12.0. The summed E-state index contributed by atoms with van der Waals surface area (Å²) in [6, 6.07) is 7.80. The third-order valence-electron chi connectivity index (χ3n) is 6.52. The number of aromatic nitrogens is 4. The molecule has 0 atom stereocenters. The molecule has 0 fully saturated rings. The van der Waals surface area contributed by atoms with Crippen molar-refractivity contribution in [3.8, 4) is 22.7 Å². The Balaban J connectivity index is 1.43. The highest BCUT2D eigenvalue weighted by molar-refractivity contribution is 7.22. The van der Waals surface area contributed by atoms with Crippen LogP contribution >= 0.6 is 11.3 Å². The number of hydrogen-bond acceptors (Lipinski definition) is 8. The van der Waals surface area contributed by atoms with Gasteiger partial charge in [0.2, 0.25) is 0 Å². The molecule has 1 aliphatic heterocycles. The van der Waals surface area contributed by atoms with Crippen LogP contribution in [0.2, 0.25) is 0 Å². The minimum atomic E-state index is -3.15. The molecule has 202 valence electrons. The Bertz CT molecular complexity index is 1810. The van der Waals surface area contributed by atoms with Gasteiger partial charge in [-0.25, -0.2) is 23.1 Å². The van der Waals surface area contributed by atoms with Crippen molar-refractivity contribution in [2.24, 2.45) is 0 Å². The number of carbonyl (C=O) groups excluding carboxylic acids is 1. The average molecular weight is 565 g/mol. The number of thiazole rings is 1. The molecule has 6 rings (SSSR count). The van der Waals surface area contributed by atoms with Gasteiger partial charge < -0.3 is 10.1 Å². The lowest BCUT2D eigenvalue weighted by atomic mass is 10.0. The van der Waals surface area contributed by atoms with E-state index in [0.717, 1.165) is 51.3 Å². The van der Waals surface area contributed by atoms with Gasteiger partial charge in [-0.05, 0) is 42.3 Å². The van der Waals surface area contributed by atoms with E-state index in [9.17, 15) is 22.8 Å². The highest BCUT2D eigenvalue weighted by atomic mass is 32.1. The number of anilines is 2. The SMILES string of the molecule is COc1cnccc1-c1cc(-n2ccc(C(F)F)c(F)c2=O)ncc1C(=O)Nc1nc2cc3c(cc2s1)NCC3. The maximum atomic E-state index is 14.4. The summed E-state index contributed by atoms with van der Waals surface area (Å²) < 4.78 is 47.7. The molecule has 0 unspecified atom stereocenters. The van der Waals surface area contributed by atoms with Crippen LogP contribution in [0, 0.1) is 5.82 Å². The number of amides is 1. The number of ether oxygens (including phenoxy) is 1. The first-order chi connectivity index (χ1) is 19.3. The number of nitrogens with one attached hydrogen (secondary N) is 2. The summed E-state index contributed by atoms with van der Waals surface area (Å²) in [7, 11) is 1.43. The van der Waals surface area contributed by atoms with Crippen LogP contribution in [0.4, 0.5) is 24.0 Å². The number of methoxy groups -OCH3 is 1. The molecular weight excluding hydrogens is 545 g/mol. The van der Waals surface area contributed by atoms with Crippen molar-refractivity contribution < 1.29 is 22.7 Å². The van der Waals surface area contributed by atoms with Gasteiger partial charge >= 0.3 is 0 Å². The normalized spacial score (nSPS) is 12.4. The summed E-state index contributed by atoms with van der Waals surface area (Å²) >= 11 is 1.32. The highest BCUT2D eigenvalue weighted by Crippen LogP contribution is 2.35. The van der Waals surface area contributed by atoms with Gasteiger partial charge in [0.25, 0.3) is 17.9 Å². The number of fused-ring (bicyclic) bond motifs is 2. The molecule has 9 nitrogen and oxygen atoms in total. The van der Waals surface area contributed by atoms with Crippen LogP contribution in [-0.2, 0) is 6.42 Å². The van der Waals surface area contributed by atoms with Crippen molar-refractivity contribution >= 4 is 38.3 Å². The van der Waals surface area contributed by atoms with E-state index < -0.39 is 29.3 Å². The van der Waals surface area contributed by atoms with E-state index in [1.165, 1.54) is 43.1 Å². The quantitative estimate of drug-likeness (QED) is 0.291. The number of pyridine rings is 3. The minimum absolute atomic E-state index is 0.0860. The van der Waals surface area contributed by atoms with E-state index >= 15 is 0 Å². The molecular formula is C27H19F3N6O3S. The molecule has 2 N–H and O–H groups in total. The zero-order chi connectivity index (χ0) is 28.0. The lowest BCUT2D eigenvalue weighted by Gasteiger charge is -2.14. The monoisotopic (exact) mass is 564 g/mol. The van der Waals surface area contributed by atoms with Crippen molar-refractivity contribution in [1.82, 2.24) is 19.5 Å². The fourth-order valence-corrected chi connectivity index (χ4v) is 5.44. The first kappa shape index (κ1) is 25.5. The summed E-state index contributed by atoms with van der Waals surface area (Å²) in [6.07, 6.45) is 2.91. The summed E-state index contributed by atoms with van der Waals surface area (Å²) in [5, 5.41) is 6.51. The van der Waals surface area contributed by atoms with Crippen LogP contribution in [0.3, 0.4) is 0 Å². The Labute approximate surface area is 228 Å². The second-order valence-corrected chi connectivity index (χ2v) is 9.88. The van der Waals surface area contributed by atoms with E-state index in [2.05, 4.69) is 25.6 Å². The molecule has 5 aromatic rings. The average Bonchev–Trinajstić information content (AvgIpc) is 3.57. The Morgan fingerprint density at radius 1 is 1.20 bits per heavy atom. The smallest absolute Gasteiger partial charge is 0.292 e. The van der Waals surface area contributed by atoms with Crippen LogP contribution in [0.15, 0.2) is 59.9 Å². The number of carbonyl (C=O) groups is 1. The predicted molar refractivity (Wildman–Crippen MR) is 144 cm³/mol. The molecule has 5 heterocycles. The van der Waals surface area contributed by atoms with Crippen molar-refractivity contribution in [2.75, 3.05) is 24.3 Å². The fraction of sp³-hybridized carbons (Fsp3) is 0.148. The number of alkyl halides is 2. The molecule has 0 saturated heterocycles. The van der Waals surface area contributed by atoms with Crippen LogP contribution in [-0.4, -0.2) is 39.1 Å². The van der Waals surface area contributed by atoms with Crippen LogP contribution in [0.5, 0.6) is 5.75 Å². The number of nitrogens with zero attached hydrogens (tertiary/aromatic N) is 4. The van der Waals surface area contributed by atoms with Gasteiger partial charge in [0.1, 0.15) is 11.6 Å². The maximum absolute atomic E-state index is 14.4. The van der Waals surface area contributed by atoms with Crippen LogP contribution in [0.25, 0.3) is 27.2 Å². The van der Waals surface area contributed by atoms with E-state index in [4.69, 9.17) is 4.74 Å². The predicted octanol–water partition coefficient (Wildman–Crippen LogP) is 5.21. The Kier molecular flexibility index (Phi) is 6.42. The number of rotatable bonds is 6. The first-order valence-corrected chi connectivity index (χ1v) is 12.8. The summed E-state index contributed by atoms with van der Waals surface area (Å²) in [6.45, 7) is 0.871. The number of benzene rings is 1. The van der Waals surface area contributed by atoms with Gasteiger partial charge in [-0.15, -0.1) is 0 Å². The molecule has 1 amide bonds. The van der Waals surface area contributed by atoms with Crippen molar-refractivity contribution in [2.45, 2.75) is 12.8 Å². The van der Waals surface area contributed by atoms with Crippen LogP contribution < -0.4 is 20.9 Å². The lowest BCUT2D eigenvalue weighted by molar-refractivity contribution is 0.102. The third-order valence-corrected chi connectivity index (χ3v) is 7.45. The van der Waals surface area contributed by atoms with Gasteiger partial charge in [-0.2, -0.15) is 0 Å². The molecule has 1 aliphatic rings. The lowest BCUT2D eigenvalue weighted by Crippen LogP contribution is -2.24. The largest absolute Gasteiger partial charge is 0.494 e. The molecule has 40 heavy (non-hydrogen) atoms. The zero-order valence-electron chi connectivity index (χ0n) is 20.7. The Hall–Kier alpha value is -4.78. The van der Waals surface area contributed by atoms with E-state index in [1.807, 2.05) is 12.1 Å². The summed E-state index contributed by atoms with van der Waals surface area (Å²) in [5.41, 5.74) is 1.50. The Morgan fingerprint density at radius 2 is 2.05 bits per heavy atom. The van der Waals surface area contributed by atoms with E-state index in [1.54, 1.807) is 6.07 Å². The van der Waals surface area contributed by atoms with Gasteiger partial charge in [0.05, 0.1) is 34.7 Å². The molecule has 4 aromatic heterocycles. The van der Waals surface area contributed by atoms with Crippen molar-refractivity contribution in [1.29, 1.82) is 0 Å². The topological polar surface area (TPSA) is 111 Å². The second-order valence-electron chi connectivity index (χ2n) is 8.85. The molecule has 1 aromatic carbocycles. The standard InChI is InChI=1S/C27H19F3N6O3S/c1-39-20-12-31-5-3-14(20)16-9-22(36-7-4-15(24(29)30)23(28)26(36)38)33-11-17(16)25(37)35-27-34-19-8-13-2-6-32-18(13)10-21(19)40-27/h3-5,7-12,24,32H,2,6H2,1H3,(H,34,35,37). The molecule has 0 radical (unpaired) electrons. The van der Waals surface area contributed by atoms with Crippen molar-refractivity contribution in [3.05, 3.63) is 88.0 Å². The van der Waals surface area contributed by atoms with E-state index in [-0.39, 0.29) is 16.9 Å². The van der Waals surface area contributed by atoms with Crippen LogP contribution in [0.1, 0.15) is 27.9 Å². The number of halogens is 3. The van der Waals surface area contributed by atoms with Crippen molar-refractivity contribution in [3.63, 3.8) is 0 Å². The third kappa shape index (κ3) is 4.43. The molecule has 0 aliphatic carbocycles. The maximum Gasteiger partial charge on any atom is 0.292 e. The second kappa shape index (κ2) is 10.1. The number of hydrogen-bond donors (Lipinski definition) is 2. The molecule has 0 bridgehead atoms. The Morgan fingerprint density at radius 3 is 2.85 bits per heavy atom. The highest BCUT2D eigenvalue weighted by Gasteiger charge is 2.23.